The number of amides is 2. The molecule has 2 aliphatic rings. The molecule has 11 heteroatoms. The van der Waals surface area contributed by atoms with E-state index < -0.39 is 38.9 Å². The van der Waals surface area contributed by atoms with Crippen LogP contribution in [0.3, 0.4) is 0 Å². The van der Waals surface area contributed by atoms with Gasteiger partial charge in [0, 0.05) is 44.9 Å². The number of likely N-dealkylation sites (N-methyl/N-ethyl adjacent to an activating group) is 1. The van der Waals surface area contributed by atoms with E-state index in [1.807, 2.05) is 25.9 Å². The van der Waals surface area contributed by atoms with Crippen LogP contribution in [0, 0.1) is 0 Å². The number of carbonyl (C=O) groups excluding carboxylic acids is 3. The van der Waals surface area contributed by atoms with E-state index in [4.69, 9.17) is 0 Å². The maximum absolute atomic E-state index is 14.4. The molecule has 2 aliphatic heterocycles. The second-order valence-corrected chi connectivity index (χ2v) is 12.3. The first kappa shape index (κ1) is 28.5. The predicted molar refractivity (Wildman–Crippen MR) is 148 cm³/mol. The lowest BCUT2D eigenvalue weighted by molar-refractivity contribution is -0.143. The van der Waals surface area contributed by atoms with Gasteiger partial charge in [0.25, 0.3) is 17.6 Å². The van der Waals surface area contributed by atoms with Crippen LogP contribution >= 0.6 is 0 Å². The minimum absolute atomic E-state index is 0.0141. The van der Waals surface area contributed by atoms with Crippen molar-refractivity contribution in [3.8, 4) is 0 Å². The minimum Gasteiger partial charge on any atom is -0.507 e. The number of nitrogens with zero attached hydrogens (tertiary/aromatic N) is 4. The quantitative estimate of drug-likeness (QED) is 0.287. The maximum atomic E-state index is 14.4. The molecule has 1 unspecified atom stereocenters. The van der Waals surface area contributed by atoms with Gasteiger partial charge in [-0.3, -0.25) is 14.4 Å². The first-order chi connectivity index (χ1) is 18.4. The summed E-state index contributed by atoms with van der Waals surface area (Å²) in [5, 5.41) is 11.7. The maximum Gasteiger partial charge on any atom is 0.296 e. The van der Waals surface area contributed by atoms with Crippen LogP contribution in [-0.4, -0.2) is 93.1 Å². The molecular weight excluding hydrogens is 520 g/mol. The van der Waals surface area contributed by atoms with Crippen LogP contribution in [0.2, 0.25) is 0 Å². The Labute approximate surface area is 229 Å². The highest BCUT2D eigenvalue weighted by molar-refractivity contribution is 7.89. The van der Waals surface area contributed by atoms with Crippen LogP contribution in [0.5, 0.6) is 0 Å². The van der Waals surface area contributed by atoms with Crippen molar-refractivity contribution in [2.24, 2.45) is 0 Å². The highest BCUT2D eigenvalue weighted by atomic mass is 32.2. The zero-order valence-corrected chi connectivity index (χ0v) is 23.7. The van der Waals surface area contributed by atoms with Crippen molar-refractivity contribution >= 4 is 39.1 Å². The number of aliphatic hydroxyl groups is 1. The molecule has 2 heterocycles. The first-order valence-electron chi connectivity index (χ1n) is 12.8. The highest BCUT2D eigenvalue weighted by Crippen LogP contribution is 2.53. The number of aliphatic hydroxyl groups excluding tert-OH is 1. The topological polar surface area (TPSA) is 119 Å². The summed E-state index contributed by atoms with van der Waals surface area (Å²) < 4.78 is 26.6. The Kier molecular flexibility index (Phi) is 7.70. The number of sulfonamides is 1. The van der Waals surface area contributed by atoms with Crippen molar-refractivity contribution in [3.63, 3.8) is 0 Å². The molecule has 0 aliphatic carbocycles. The number of anilines is 1. The number of carbonyl (C=O) groups is 3. The minimum atomic E-state index is -3.86. The normalized spacial score (nSPS) is 20.6. The molecule has 10 nitrogen and oxygen atoms in total. The van der Waals surface area contributed by atoms with Gasteiger partial charge in [-0.25, -0.2) is 12.7 Å². The molecule has 1 N–H and O–H groups in total. The first-order valence-corrected chi connectivity index (χ1v) is 14.2. The van der Waals surface area contributed by atoms with Crippen molar-refractivity contribution in [2.45, 2.75) is 30.2 Å². The van der Waals surface area contributed by atoms with E-state index in [0.717, 1.165) is 10.7 Å². The third-order valence-corrected chi connectivity index (χ3v) is 9.01. The number of benzene rings is 2. The van der Waals surface area contributed by atoms with Crippen LogP contribution in [0.15, 0.2) is 59.0 Å². The summed E-state index contributed by atoms with van der Waals surface area (Å²) >= 11 is 0. The van der Waals surface area contributed by atoms with Crippen molar-refractivity contribution < 1.29 is 27.9 Å². The molecule has 0 aromatic heterocycles. The van der Waals surface area contributed by atoms with Gasteiger partial charge in [0.15, 0.2) is 5.54 Å². The van der Waals surface area contributed by atoms with Crippen molar-refractivity contribution in [1.29, 1.82) is 0 Å². The average Bonchev–Trinajstić information content (AvgIpc) is 3.28. The number of para-hydroxylation sites is 1. The van der Waals surface area contributed by atoms with Crippen molar-refractivity contribution in [1.82, 2.24) is 14.1 Å². The van der Waals surface area contributed by atoms with Crippen LogP contribution in [0.25, 0.3) is 5.76 Å². The molecule has 0 bridgehead atoms. The van der Waals surface area contributed by atoms with Gasteiger partial charge in [-0.1, -0.05) is 43.7 Å². The number of hydrogen-bond donors (Lipinski definition) is 1. The van der Waals surface area contributed by atoms with Gasteiger partial charge in [0.05, 0.1) is 16.2 Å². The molecule has 39 heavy (non-hydrogen) atoms. The molecule has 1 saturated heterocycles. The Morgan fingerprint density at radius 1 is 0.974 bits per heavy atom. The van der Waals surface area contributed by atoms with E-state index in [2.05, 4.69) is 0 Å². The molecule has 4 rings (SSSR count). The molecule has 1 fully saturated rings. The van der Waals surface area contributed by atoms with E-state index >= 15 is 0 Å². The molecule has 2 aromatic carbocycles. The lowest BCUT2D eigenvalue weighted by atomic mass is 9.82. The molecule has 208 valence electrons. The Bertz CT molecular complexity index is 1470. The molecule has 1 spiro atoms. The molecule has 2 amide bonds. The summed E-state index contributed by atoms with van der Waals surface area (Å²) in [6.45, 7) is 2.81. The number of Topliss-reactive ketones (excluding diaryl/α,β-unsaturated/α-hetero) is 1. The fraction of sp³-hybridized carbons (Fsp3) is 0.393. The van der Waals surface area contributed by atoms with E-state index in [1.54, 1.807) is 29.2 Å². The fourth-order valence-electron chi connectivity index (χ4n) is 5.16. The summed E-state index contributed by atoms with van der Waals surface area (Å²) in [6.07, 6.45) is 1.52. The molecule has 0 radical (unpaired) electrons. The number of hydrogen-bond acceptors (Lipinski definition) is 7. The largest absolute Gasteiger partial charge is 0.507 e. The predicted octanol–water partition coefficient (Wildman–Crippen LogP) is 2.22. The van der Waals surface area contributed by atoms with Crippen molar-refractivity contribution in [3.05, 3.63) is 65.2 Å². The van der Waals surface area contributed by atoms with Crippen LogP contribution in [0.4, 0.5) is 5.69 Å². The standard InChI is InChI=1S/C28H34N4O6S/c1-6-7-15-31-22-14-9-8-13-21(22)28(27(31)36)23(25(34)26(35)32(28)17-16-29(2)3)24(33)19-11-10-12-20(18-19)39(37,38)30(4)5/h8-14,18,33H,6-7,15-17H2,1-5H3/b24-23-. The Morgan fingerprint density at radius 2 is 1.67 bits per heavy atom. The second-order valence-electron chi connectivity index (χ2n) is 10.2. The summed E-state index contributed by atoms with van der Waals surface area (Å²) in [7, 11) is 2.55. The number of likely N-dealkylation sites (tertiary alicyclic amines) is 1. The lowest BCUT2D eigenvalue weighted by Gasteiger charge is -2.35. The van der Waals surface area contributed by atoms with E-state index in [9.17, 15) is 27.9 Å². The highest BCUT2D eigenvalue weighted by Gasteiger charge is 2.66. The van der Waals surface area contributed by atoms with Crippen LogP contribution in [-0.2, 0) is 29.9 Å². The van der Waals surface area contributed by atoms with Crippen LogP contribution < -0.4 is 4.90 Å². The summed E-state index contributed by atoms with van der Waals surface area (Å²) in [5.74, 6) is -2.98. The van der Waals surface area contributed by atoms with E-state index in [-0.39, 0.29) is 22.6 Å². The molecule has 1 atom stereocenters. The number of fused-ring (bicyclic) bond motifs is 2. The summed E-state index contributed by atoms with van der Waals surface area (Å²) in [5.41, 5.74) is -1.22. The van der Waals surface area contributed by atoms with Gasteiger partial charge in [-0.2, -0.15) is 0 Å². The average molecular weight is 555 g/mol. The number of ketones is 1. The Balaban J connectivity index is 2.03. The van der Waals surface area contributed by atoms with E-state index in [0.29, 0.717) is 30.8 Å². The monoisotopic (exact) mass is 554 g/mol. The lowest BCUT2D eigenvalue weighted by Crippen LogP contribution is -2.53. The van der Waals surface area contributed by atoms with E-state index in [1.165, 1.54) is 43.3 Å². The SMILES string of the molecule is CCCCN1C(=O)C2(/C(=C(\O)c3cccc(S(=O)(=O)N(C)C)c3)C(=O)C(=O)N2CCN(C)C)c2ccccc21. The summed E-state index contributed by atoms with van der Waals surface area (Å²) in [4.78, 5) is 46.2. The third kappa shape index (κ3) is 4.44. The van der Waals surface area contributed by atoms with Crippen LogP contribution in [0.1, 0.15) is 30.9 Å². The zero-order valence-electron chi connectivity index (χ0n) is 22.8. The van der Waals surface area contributed by atoms with Gasteiger partial charge >= 0.3 is 0 Å². The van der Waals surface area contributed by atoms with Gasteiger partial charge < -0.3 is 19.8 Å². The number of rotatable bonds is 9. The van der Waals surface area contributed by atoms with Gasteiger partial charge in [-0.15, -0.1) is 0 Å². The Hall–Kier alpha value is -3.54. The molecule has 2 aromatic rings. The second kappa shape index (κ2) is 10.6. The van der Waals surface area contributed by atoms with Gasteiger partial charge in [0.1, 0.15) is 5.76 Å². The van der Waals surface area contributed by atoms with Gasteiger partial charge in [-0.05, 0) is 38.7 Å². The fourth-order valence-corrected chi connectivity index (χ4v) is 6.11. The van der Waals surface area contributed by atoms with Crippen molar-refractivity contribution in [2.75, 3.05) is 52.7 Å². The Morgan fingerprint density at radius 3 is 2.31 bits per heavy atom. The smallest absolute Gasteiger partial charge is 0.296 e. The van der Waals surface area contributed by atoms with Gasteiger partial charge in [0.2, 0.25) is 10.0 Å². The summed E-state index contributed by atoms with van der Waals surface area (Å²) in [6, 6.07) is 12.5. The zero-order chi connectivity index (χ0) is 28.7. The molecule has 0 saturated carbocycles. The third-order valence-electron chi connectivity index (χ3n) is 7.20. The molecular formula is C28H34N4O6S. The number of unbranched alkanes of at least 4 members (excludes halogenated alkanes) is 1.